The number of nitrogens with one attached hydrogen (secondary N) is 1. The SMILES string of the molecule is NCCC1Oc2c(F)cccc2NC1=O. The van der Waals surface area contributed by atoms with Crippen LogP contribution < -0.4 is 15.8 Å². The van der Waals surface area contributed by atoms with Gasteiger partial charge in [-0.25, -0.2) is 4.39 Å². The van der Waals surface area contributed by atoms with Crippen molar-refractivity contribution in [1.82, 2.24) is 0 Å². The quantitative estimate of drug-likeness (QED) is 0.761. The van der Waals surface area contributed by atoms with E-state index < -0.39 is 11.9 Å². The van der Waals surface area contributed by atoms with Gasteiger partial charge in [0.2, 0.25) is 0 Å². The first-order valence-electron chi connectivity index (χ1n) is 4.68. The van der Waals surface area contributed by atoms with Crippen LogP contribution in [-0.2, 0) is 4.79 Å². The smallest absolute Gasteiger partial charge is 0.265 e. The van der Waals surface area contributed by atoms with E-state index in [1.165, 1.54) is 12.1 Å². The Morgan fingerprint density at radius 1 is 1.53 bits per heavy atom. The van der Waals surface area contributed by atoms with Crippen molar-refractivity contribution in [3.8, 4) is 5.75 Å². The molecule has 0 radical (unpaired) electrons. The molecule has 0 bridgehead atoms. The normalized spacial score (nSPS) is 19.1. The summed E-state index contributed by atoms with van der Waals surface area (Å²) in [4.78, 5) is 11.4. The molecule has 1 aliphatic heterocycles. The summed E-state index contributed by atoms with van der Waals surface area (Å²) in [6.07, 6.45) is -0.320. The largest absolute Gasteiger partial charge is 0.475 e. The number of nitrogens with two attached hydrogens (primary N) is 1. The third-order valence-corrected chi connectivity index (χ3v) is 2.21. The fraction of sp³-hybridized carbons (Fsp3) is 0.300. The second-order valence-electron chi connectivity index (χ2n) is 3.29. The van der Waals surface area contributed by atoms with E-state index in [1.807, 2.05) is 0 Å². The van der Waals surface area contributed by atoms with E-state index in [0.29, 0.717) is 18.7 Å². The summed E-state index contributed by atoms with van der Waals surface area (Å²) in [5.74, 6) is -0.663. The topological polar surface area (TPSA) is 64.3 Å². The summed E-state index contributed by atoms with van der Waals surface area (Å²) in [6.45, 7) is 0.321. The molecule has 3 N–H and O–H groups in total. The van der Waals surface area contributed by atoms with Crippen LogP contribution in [0.4, 0.5) is 10.1 Å². The van der Waals surface area contributed by atoms with Gasteiger partial charge in [0.1, 0.15) is 0 Å². The van der Waals surface area contributed by atoms with E-state index in [-0.39, 0.29) is 11.7 Å². The molecule has 1 amide bonds. The summed E-state index contributed by atoms with van der Waals surface area (Å²) in [5.41, 5.74) is 5.69. The summed E-state index contributed by atoms with van der Waals surface area (Å²) in [7, 11) is 0. The molecular formula is C10H11FN2O2. The van der Waals surface area contributed by atoms with Gasteiger partial charge in [-0.05, 0) is 18.7 Å². The zero-order valence-electron chi connectivity index (χ0n) is 8.00. The third-order valence-electron chi connectivity index (χ3n) is 2.21. The molecule has 0 saturated carbocycles. The Balaban J connectivity index is 2.30. The van der Waals surface area contributed by atoms with Gasteiger partial charge in [-0.2, -0.15) is 0 Å². The molecule has 15 heavy (non-hydrogen) atoms. The molecule has 80 valence electrons. The number of amides is 1. The van der Waals surface area contributed by atoms with Crippen molar-refractivity contribution in [2.75, 3.05) is 11.9 Å². The zero-order valence-corrected chi connectivity index (χ0v) is 8.00. The molecule has 0 aromatic heterocycles. The molecule has 1 unspecified atom stereocenters. The van der Waals surface area contributed by atoms with Crippen LogP contribution in [0.5, 0.6) is 5.75 Å². The first-order valence-corrected chi connectivity index (χ1v) is 4.68. The van der Waals surface area contributed by atoms with Crippen molar-refractivity contribution in [2.24, 2.45) is 5.73 Å². The molecule has 0 spiro atoms. The molecule has 1 atom stereocenters. The van der Waals surface area contributed by atoms with Gasteiger partial charge in [-0.15, -0.1) is 0 Å². The number of para-hydroxylation sites is 1. The van der Waals surface area contributed by atoms with Crippen LogP contribution in [0.1, 0.15) is 6.42 Å². The molecule has 0 fully saturated rings. The maximum atomic E-state index is 13.3. The maximum Gasteiger partial charge on any atom is 0.265 e. The van der Waals surface area contributed by atoms with Crippen LogP contribution in [-0.4, -0.2) is 18.6 Å². The molecule has 0 aliphatic carbocycles. The second-order valence-corrected chi connectivity index (χ2v) is 3.29. The van der Waals surface area contributed by atoms with Gasteiger partial charge < -0.3 is 15.8 Å². The van der Waals surface area contributed by atoms with Gasteiger partial charge in [-0.3, -0.25) is 4.79 Å². The van der Waals surface area contributed by atoms with E-state index in [9.17, 15) is 9.18 Å². The van der Waals surface area contributed by atoms with Gasteiger partial charge in [0.15, 0.2) is 17.7 Å². The van der Waals surface area contributed by atoms with Crippen LogP contribution in [0.2, 0.25) is 0 Å². The van der Waals surface area contributed by atoms with Crippen LogP contribution in [0.15, 0.2) is 18.2 Å². The van der Waals surface area contributed by atoms with Crippen LogP contribution >= 0.6 is 0 Å². The van der Waals surface area contributed by atoms with E-state index in [0.717, 1.165) is 0 Å². The van der Waals surface area contributed by atoms with E-state index in [1.54, 1.807) is 6.07 Å². The van der Waals surface area contributed by atoms with E-state index in [2.05, 4.69) is 5.32 Å². The zero-order chi connectivity index (χ0) is 10.8. The summed E-state index contributed by atoms with van der Waals surface area (Å²) >= 11 is 0. The lowest BCUT2D eigenvalue weighted by Crippen LogP contribution is -2.38. The molecule has 0 saturated heterocycles. The number of rotatable bonds is 2. The average molecular weight is 210 g/mol. The van der Waals surface area contributed by atoms with Gasteiger partial charge >= 0.3 is 0 Å². The molecule has 4 nitrogen and oxygen atoms in total. The van der Waals surface area contributed by atoms with Crippen molar-refractivity contribution in [3.05, 3.63) is 24.0 Å². The minimum Gasteiger partial charge on any atom is -0.475 e. The summed E-state index contributed by atoms with van der Waals surface area (Å²) < 4.78 is 18.6. The fourth-order valence-corrected chi connectivity index (χ4v) is 1.48. The Morgan fingerprint density at radius 3 is 3.07 bits per heavy atom. The molecule has 1 aliphatic rings. The lowest BCUT2D eigenvalue weighted by molar-refractivity contribution is -0.123. The van der Waals surface area contributed by atoms with E-state index in [4.69, 9.17) is 10.5 Å². The van der Waals surface area contributed by atoms with Crippen LogP contribution in [0, 0.1) is 5.82 Å². The number of ether oxygens (including phenoxy) is 1. The first kappa shape index (κ1) is 9.92. The highest BCUT2D eigenvalue weighted by Crippen LogP contribution is 2.32. The number of halogens is 1. The highest BCUT2D eigenvalue weighted by molar-refractivity contribution is 5.97. The van der Waals surface area contributed by atoms with Crippen molar-refractivity contribution in [3.63, 3.8) is 0 Å². The first-order chi connectivity index (χ1) is 7.22. The third kappa shape index (κ3) is 1.78. The highest BCUT2D eigenvalue weighted by Gasteiger charge is 2.28. The predicted octanol–water partition coefficient (Wildman–Crippen LogP) is 0.874. The number of benzene rings is 1. The minimum atomic E-state index is -0.695. The van der Waals surface area contributed by atoms with Gasteiger partial charge in [0.25, 0.3) is 5.91 Å². The Labute approximate surface area is 86.2 Å². The van der Waals surface area contributed by atoms with Crippen molar-refractivity contribution in [1.29, 1.82) is 0 Å². The van der Waals surface area contributed by atoms with E-state index >= 15 is 0 Å². The minimum absolute atomic E-state index is 0.0931. The second kappa shape index (κ2) is 3.86. The summed E-state index contributed by atoms with van der Waals surface area (Å²) in [5, 5.41) is 2.58. The number of anilines is 1. The number of fused-ring (bicyclic) bond motifs is 1. The van der Waals surface area contributed by atoms with Crippen molar-refractivity contribution in [2.45, 2.75) is 12.5 Å². The molecular weight excluding hydrogens is 199 g/mol. The fourth-order valence-electron chi connectivity index (χ4n) is 1.48. The molecule has 1 heterocycles. The number of hydrogen-bond donors (Lipinski definition) is 2. The lowest BCUT2D eigenvalue weighted by atomic mass is 10.1. The number of hydrogen-bond acceptors (Lipinski definition) is 3. The highest BCUT2D eigenvalue weighted by atomic mass is 19.1. The number of carbonyl (C=O) groups is 1. The van der Waals surface area contributed by atoms with Crippen LogP contribution in [0.25, 0.3) is 0 Å². The predicted molar refractivity (Wildman–Crippen MR) is 53.1 cm³/mol. The van der Waals surface area contributed by atoms with Gasteiger partial charge in [0.05, 0.1) is 5.69 Å². The Morgan fingerprint density at radius 2 is 2.33 bits per heavy atom. The maximum absolute atomic E-state index is 13.3. The van der Waals surface area contributed by atoms with Crippen molar-refractivity contribution < 1.29 is 13.9 Å². The Bertz CT molecular complexity index is 395. The Hall–Kier alpha value is -1.62. The van der Waals surface area contributed by atoms with Gasteiger partial charge in [-0.1, -0.05) is 6.07 Å². The molecule has 5 heteroatoms. The van der Waals surface area contributed by atoms with Crippen molar-refractivity contribution >= 4 is 11.6 Å². The summed E-state index contributed by atoms with van der Waals surface area (Å²) in [6, 6.07) is 4.39. The van der Waals surface area contributed by atoms with Gasteiger partial charge in [0, 0.05) is 6.42 Å². The lowest BCUT2D eigenvalue weighted by Gasteiger charge is -2.25. The average Bonchev–Trinajstić information content (AvgIpc) is 2.21. The molecule has 1 aromatic carbocycles. The molecule has 2 rings (SSSR count). The monoisotopic (exact) mass is 210 g/mol. The molecule has 1 aromatic rings. The standard InChI is InChI=1S/C10H11FN2O2/c11-6-2-1-3-7-9(6)15-8(4-5-12)10(14)13-7/h1-3,8H,4-5,12H2,(H,13,14). The van der Waals surface area contributed by atoms with Crippen LogP contribution in [0.3, 0.4) is 0 Å². The Kier molecular flexibility index (Phi) is 2.55. The number of carbonyl (C=O) groups excluding carboxylic acids is 1.